The molecule has 0 spiro atoms. The minimum atomic E-state index is 0.190. The SMILES string of the molecule is NOCC1(c2ccc(Br)cc2)CCC1. The summed E-state index contributed by atoms with van der Waals surface area (Å²) in [6.07, 6.45) is 3.65. The largest absolute Gasteiger partial charge is 0.304 e. The van der Waals surface area contributed by atoms with Crippen LogP contribution in [0.15, 0.2) is 28.7 Å². The van der Waals surface area contributed by atoms with Crippen molar-refractivity contribution in [2.45, 2.75) is 24.7 Å². The maximum atomic E-state index is 5.18. The van der Waals surface area contributed by atoms with E-state index < -0.39 is 0 Å². The molecule has 0 aliphatic heterocycles. The van der Waals surface area contributed by atoms with Crippen LogP contribution in [0.5, 0.6) is 0 Å². The van der Waals surface area contributed by atoms with Crippen molar-refractivity contribution in [2.75, 3.05) is 6.61 Å². The van der Waals surface area contributed by atoms with Crippen LogP contribution in [0.1, 0.15) is 24.8 Å². The van der Waals surface area contributed by atoms with Gasteiger partial charge in [0, 0.05) is 9.89 Å². The molecular weight excluding hydrogens is 242 g/mol. The molecule has 2 rings (SSSR count). The van der Waals surface area contributed by atoms with E-state index in [0.29, 0.717) is 6.61 Å². The molecule has 0 saturated heterocycles. The normalized spacial score (nSPS) is 19.0. The van der Waals surface area contributed by atoms with Gasteiger partial charge in [-0.25, -0.2) is 5.90 Å². The van der Waals surface area contributed by atoms with E-state index in [1.54, 1.807) is 0 Å². The molecule has 1 aromatic carbocycles. The molecule has 1 aliphatic rings. The summed E-state index contributed by atoms with van der Waals surface area (Å²) in [5.41, 5.74) is 1.53. The van der Waals surface area contributed by atoms with Crippen molar-refractivity contribution in [3.8, 4) is 0 Å². The first kappa shape index (κ1) is 10.1. The van der Waals surface area contributed by atoms with Gasteiger partial charge in [0.15, 0.2) is 0 Å². The number of halogens is 1. The van der Waals surface area contributed by atoms with Crippen LogP contribution in [0.2, 0.25) is 0 Å². The van der Waals surface area contributed by atoms with Crippen LogP contribution in [0.4, 0.5) is 0 Å². The molecule has 0 aromatic heterocycles. The van der Waals surface area contributed by atoms with Crippen LogP contribution in [-0.4, -0.2) is 6.61 Å². The van der Waals surface area contributed by atoms with E-state index >= 15 is 0 Å². The van der Waals surface area contributed by atoms with Gasteiger partial charge in [-0.05, 0) is 30.5 Å². The van der Waals surface area contributed by atoms with Crippen LogP contribution in [0.25, 0.3) is 0 Å². The minimum absolute atomic E-state index is 0.190. The Bertz CT molecular complexity index is 306. The molecule has 3 heteroatoms. The summed E-state index contributed by atoms with van der Waals surface area (Å²) in [4.78, 5) is 4.82. The lowest BCUT2D eigenvalue weighted by atomic mass is 9.65. The highest BCUT2D eigenvalue weighted by molar-refractivity contribution is 9.10. The average molecular weight is 256 g/mol. The summed E-state index contributed by atoms with van der Waals surface area (Å²) in [7, 11) is 0. The molecule has 1 fully saturated rings. The highest BCUT2D eigenvalue weighted by Crippen LogP contribution is 2.43. The van der Waals surface area contributed by atoms with Crippen molar-refractivity contribution >= 4 is 15.9 Å². The molecule has 0 amide bonds. The monoisotopic (exact) mass is 255 g/mol. The fourth-order valence-corrected chi connectivity index (χ4v) is 2.35. The maximum absolute atomic E-state index is 5.18. The van der Waals surface area contributed by atoms with Crippen molar-refractivity contribution in [3.63, 3.8) is 0 Å². The first-order valence-corrected chi connectivity index (χ1v) is 5.64. The molecule has 0 atom stereocenters. The van der Waals surface area contributed by atoms with E-state index in [-0.39, 0.29) is 5.41 Å². The fraction of sp³-hybridized carbons (Fsp3) is 0.455. The van der Waals surface area contributed by atoms with Crippen LogP contribution in [0.3, 0.4) is 0 Å². The number of benzene rings is 1. The quantitative estimate of drug-likeness (QED) is 0.844. The van der Waals surface area contributed by atoms with Crippen LogP contribution < -0.4 is 5.90 Å². The maximum Gasteiger partial charge on any atom is 0.0775 e. The number of hydrogen-bond donors (Lipinski definition) is 1. The van der Waals surface area contributed by atoms with Crippen molar-refractivity contribution in [3.05, 3.63) is 34.3 Å². The van der Waals surface area contributed by atoms with Gasteiger partial charge in [0.05, 0.1) is 6.61 Å². The Hall–Kier alpha value is -0.380. The van der Waals surface area contributed by atoms with Gasteiger partial charge >= 0.3 is 0 Å². The summed E-state index contributed by atoms with van der Waals surface area (Å²) in [5, 5.41) is 0. The molecule has 2 N–H and O–H groups in total. The van der Waals surface area contributed by atoms with E-state index in [1.165, 1.54) is 24.8 Å². The number of hydrogen-bond acceptors (Lipinski definition) is 2. The van der Waals surface area contributed by atoms with Crippen molar-refractivity contribution < 1.29 is 4.84 Å². The number of rotatable bonds is 3. The third-order valence-electron chi connectivity index (χ3n) is 3.13. The standard InChI is InChI=1S/C11H14BrNO/c12-10-4-2-9(3-5-10)11(8-14-13)6-1-7-11/h2-5H,1,6-8,13H2. The zero-order valence-corrected chi connectivity index (χ0v) is 9.59. The van der Waals surface area contributed by atoms with Crippen molar-refractivity contribution in [1.29, 1.82) is 0 Å². The fourth-order valence-electron chi connectivity index (χ4n) is 2.08. The molecule has 0 unspecified atom stereocenters. The first-order valence-electron chi connectivity index (χ1n) is 4.85. The Morgan fingerprint density at radius 2 is 1.93 bits per heavy atom. The Morgan fingerprint density at radius 1 is 1.29 bits per heavy atom. The summed E-state index contributed by atoms with van der Waals surface area (Å²) in [6.45, 7) is 0.634. The minimum Gasteiger partial charge on any atom is -0.304 e. The molecule has 1 aromatic rings. The highest BCUT2D eigenvalue weighted by Gasteiger charge is 2.38. The average Bonchev–Trinajstić information content (AvgIpc) is 2.13. The molecule has 2 nitrogen and oxygen atoms in total. The second kappa shape index (κ2) is 4.01. The van der Waals surface area contributed by atoms with Crippen LogP contribution in [0, 0.1) is 0 Å². The zero-order valence-electron chi connectivity index (χ0n) is 8.00. The van der Waals surface area contributed by atoms with Gasteiger partial charge in [0.1, 0.15) is 0 Å². The van der Waals surface area contributed by atoms with E-state index in [9.17, 15) is 0 Å². The van der Waals surface area contributed by atoms with Crippen LogP contribution >= 0.6 is 15.9 Å². The van der Waals surface area contributed by atoms with E-state index in [2.05, 4.69) is 40.2 Å². The third-order valence-corrected chi connectivity index (χ3v) is 3.66. The molecule has 1 saturated carbocycles. The van der Waals surface area contributed by atoms with E-state index in [4.69, 9.17) is 10.7 Å². The molecule has 0 heterocycles. The number of nitrogens with two attached hydrogens (primary N) is 1. The highest BCUT2D eigenvalue weighted by atomic mass is 79.9. The van der Waals surface area contributed by atoms with Crippen molar-refractivity contribution in [2.24, 2.45) is 5.90 Å². The molecule has 14 heavy (non-hydrogen) atoms. The lowest BCUT2D eigenvalue weighted by Gasteiger charge is -2.41. The predicted octanol–water partition coefficient (Wildman–Crippen LogP) is 2.76. The molecule has 0 bridgehead atoms. The summed E-state index contributed by atoms with van der Waals surface area (Å²) in [5.74, 6) is 5.18. The second-order valence-corrected chi connectivity index (χ2v) is 4.87. The predicted molar refractivity (Wildman–Crippen MR) is 59.8 cm³/mol. The van der Waals surface area contributed by atoms with E-state index in [0.717, 1.165) is 4.47 Å². The Morgan fingerprint density at radius 3 is 2.36 bits per heavy atom. The van der Waals surface area contributed by atoms with Gasteiger partial charge in [-0.1, -0.05) is 34.5 Å². The van der Waals surface area contributed by atoms with E-state index in [1.807, 2.05) is 0 Å². The Balaban J connectivity index is 2.23. The van der Waals surface area contributed by atoms with Gasteiger partial charge in [0.25, 0.3) is 0 Å². The lowest BCUT2D eigenvalue weighted by Crippen LogP contribution is -2.39. The summed E-state index contributed by atoms with van der Waals surface area (Å²) < 4.78 is 1.12. The third kappa shape index (κ3) is 1.72. The van der Waals surface area contributed by atoms with Gasteiger partial charge < -0.3 is 4.84 Å². The smallest absolute Gasteiger partial charge is 0.0775 e. The lowest BCUT2D eigenvalue weighted by molar-refractivity contribution is 0.0451. The van der Waals surface area contributed by atoms with Gasteiger partial charge in [-0.2, -0.15) is 0 Å². The zero-order chi connectivity index (χ0) is 10.0. The Labute approximate surface area is 92.5 Å². The molecule has 76 valence electrons. The van der Waals surface area contributed by atoms with Crippen LogP contribution in [-0.2, 0) is 10.3 Å². The summed E-state index contributed by atoms with van der Waals surface area (Å²) in [6, 6.07) is 8.46. The molecule has 1 aliphatic carbocycles. The van der Waals surface area contributed by atoms with Crippen molar-refractivity contribution in [1.82, 2.24) is 0 Å². The molecule has 0 radical (unpaired) electrons. The second-order valence-electron chi connectivity index (χ2n) is 3.95. The van der Waals surface area contributed by atoms with Gasteiger partial charge in [-0.3, -0.25) is 0 Å². The van der Waals surface area contributed by atoms with Gasteiger partial charge in [-0.15, -0.1) is 0 Å². The first-order chi connectivity index (χ1) is 6.77. The Kier molecular flexibility index (Phi) is 2.91. The summed E-state index contributed by atoms with van der Waals surface area (Å²) >= 11 is 3.44. The topological polar surface area (TPSA) is 35.2 Å². The van der Waals surface area contributed by atoms with Gasteiger partial charge in [0.2, 0.25) is 0 Å². The molecular formula is C11H14BrNO.